The van der Waals surface area contributed by atoms with Gasteiger partial charge in [0.2, 0.25) is 0 Å². The first-order chi connectivity index (χ1) is 7.09. The summed E-state index contributed by atoms with van der Waals surface area (Å²) in [6, 6.07) is 8.74. The first kappa shape index (κ1) is 11.2. The van der Waals surface area contributed by atoms with Crippen molar-refractivity contribution in [1.82, 2.24) is 5.32 Å². The average Bonchev–Trinajstić information content (AvgIpc) is 2.17. The Labute approximate surface area is 88.2 Å². The van der Waals surface area contributed by atoms with E-state index < -0.39 is 12.2 Å². The summed E-state index contributed by atoms with van der Waals surface area (Å²) >= 11 is 0. The Hall–Kier alpha value is -1.84. The van der Waals surface area contributed by atoms with Crippen LogP contribution in [-0.4, -0.2) is 18.1 Å². The third kappa shape index (κ3) is 3.81. The topological polar surface area (TPSA) is 55.4 Å². The van der Waals surface area contributed by atoms with Gasteiger partial charge in [-0.25, -0.2) is 0 Å². The maximum absolute atomic E-state index is 11.5. The normalized spacial score (nSPS) is 11.6. The highest BCUT2D eigenvalue weighted by Crippen LogP contribution is 1.99. The minimum atomic E-state index is -0.616. The number of hydrogen-bond donors (Lipinski definition) is 1. The standard InChI is InChI=1S/C11H13NO3/c1-8(15-9(2)13)12-11(14)10-6-4-3-5-7-10/h3-8H,1-2H3,(H,12,14). The molecule has 1 aromatic rings. The van der Waals surface area contributed by atoms with Gasteiger partial charge in [-0.2, -0.15) is 0 Å². The zero-order valence-electron chi connectivity index (χ0n) is 8.69. The van der Waals surface area contributed by atoms with Crippen molar-refractivity contribution in [2.45, 2.75) is 20.1 Å². The molecule has 0 aliphatic heterocycles. The Morgan fingerprint density at radius 3 is 2.40 bits per heavy atom. The Bertz CT molecular complexity index is 348. The van der Waals surface area contributed by atoms with Crippen LogP contribution < -0.4 is 5.32 Å². The second kappa shape index (κ2) is 5.14. The average molecular weight is 207 g/mol. The van der Waals surface area contributed by atoms with Gasteiger partial charge in [0.1, 0.15) is 0 Å². The molecule has 0 aromatic heterocycles. The molecular formula is C11H13NO3. The van der Waals surface area contributed by atoms with Crippen molar-refractivity contribution in [3.05, 3.63) is 35.9 Å². The first-order valence-electron chi connectivity index (χ1n) is 4.62. The van der Waals surface area contributed by atoms with Gasteiger partial charge in [0.25, 0.3) is 5.91 Å². The van der Waals surface area contributed by atoms with Crippen LogP contribution in [0.5, 0.6) is 0 Å². The lowest BCUT2D eigenvalue weighted by Gasteiger charge is -2.13. The van der Waals surface area contributed by atoms with E-state index in [9.17, 15) is 9.59 Å². The van der Waals surface area contributed by atoms with Gasteiger partial charge in [-0.05, 0) is 19.1 Å². The lowest BCUT2D eigenvalue weighted by Crippen LogP contribution is -2.35. The molecule has 1 N–H and O–H groups in total. The molecule has 0 spiro atoms. The van der Waals surface area contributed by atoms with Gasteiger partial charge < -0.3 is 10.1 Å². The number of carbonyl (C=O) groups excluding carboxylic acids is 2. The molecule has 0 saturated carbocycles. The number of carbonyl (C=O) groups is 2. The van der Waals surface area contributed by atoms with Gasteiger partial charge in [-0.15, -0.1) is 0 Å². The molecule has 0 aliphatic carbocycles. The molecule has 1 atom stereocenters. The molecule has 4 nitrogen and oxygen atoms in total. The van der Waals surface area contributed by atoms with Gasteiger partial charge in [0.05, 0.1) is 0 Å². The van der Waals surface area contributed by atoms with Crippen molar-refractivity contribution in [1.29, 1.82) is 0 Å². The molecule has 0 radical (unpaired) electrons. The Morgan fingerprint density at radius 1 is 1.27 bits per heavy atom. The number of esters is 1. The summed E-state index contributed by atoms with van der Waals surface area (Å²) in [6.45, 7) is 2.90. The summed E-state index contributed by atoms with van der Waals surface area (Å²) < 4.78 is 4.77. The van der Waals surface area contributed by atoms with E-state index in [1.54, 1.807) is 31.2 Å². The van der Waals surface area contributed by atoms with Crippen molar-refractivity contribution < 1.29 is 14.3 Å². The molecule has 0 saturated heterocycles. The molecule has 4 heteroatoms. The van der Waals surface area contributed by atoms with E-state index in [1.165, 1.54) is 6.92 Å². The van der Waals surface area contributed by atoms with Crippen LogP contribution in [0, 0.1) is 0 Å². The zero-order chi connectivity index (χ0) is 11.3. The third-order valence-electron chi connectivity index (χ3n) is 1.71. The van der Waals surface area contributed by atoms with E-state index in [1.807, 2.05) is 6.07 Å². The molecule has 1 amide bonds. The molecule has 1 aromatic carbocycles. The van der Waals surface area contributed by atoms with Crippen LogP contribution in [0.4, 0.5) is 0 Å². The molecule has 1 rings (SSSR count). The SMILES string of the molecule is CC(=O)OC(C)NC(=O)c1ccccc1. The van der Waals surface area contributed by atoms with Gasteiger partial charge >= 0.3 is 5.97 Å². The molecule has 0 heterocycles. The smallest absolute Gasteiger partial charge is 0.304 e. The second-order valence-corrected chi connectivity index (χ2v) is 3.09. The van der Waals surface area contributed by atoms with Crippen LogP contribution in [0.25, 0.3) is 0 Å². The molecule has 1 unspecified atom stereocenters. The summed E-state index contributed by atoms with van der Waals surface area (Å²) in [7, 11) is 0. The summed E-state index contributed by atoms with van der Waals surface area (Å²) in [5, 5.41) is 2.55. The Kier molecular flexibility index (Phi) is 3.85. The fourth-order valence-corrected chi connectivity index (χ4v) is 1.14. The third-order valence-corrected chi connectivity index (χ3v) is 1.71. The molecule has 80 valence electrons. The van der Waals surface area contributed by atoms with Crippen LogP contribution in [0.2, 0.25) is 0 Å². The monoisotopic (exact) mass is 207 g/mol. The van der Waals surface area contributed by atoms with Crippen LogP contribution in [-0.2, 0) is 9.53 Å². The lowest BCUT2D eigenvalue weighted by atomic mass is 10.2. The molecule has 0 aliphatic rings. The summed E-state index contributed by atoms with van der Waals surface area (Å²) in [5.74, 6) is -0.680. The molecular weight excluding hydrogens is 194 g/mol. The van der Waals surface area contributed by atoms with Crippen LogP contribution in [0.15, 0.2) is 30.3 Å². The summed E-state index contributed by atoms with van der Waals surface area (Å²) in [5.41, 5.74) is 0.538. The first-order valence-corrected chi connectivity index (χ1v) is 4.62. The number of ether oxygens (including phenoxy) is 1. The van der Waals surface area contributed by atoms with Gasteiger partial charge in [-0.3, -0.25) is 9.59 Å². The predicted molar refractivity (Wildman–Crippen MR) is 55.1 cm³/mol. The minimum absolute atomic E-state index is 0.260. The second-order valence-electron chi connectivity index (χ2n) is 3.09. The highest BCUT2D eigenvalue weighted by molar-refractivity contribution is 5.94. The fraction of sp³-hybridized carbons (Fsp3) is 0.273. The van der Waals surface area contributed by atoms with Crippen molar-refractivity contribution in [2.24, 2.45) is 0 Å². The maximum atomic E-state index is 11.5. The molecule has 15 heavy (non-hydrogen) atoms. The van der Waals surface area contributed by atoms with Crippen molar-refractivity contribution in [3.8, 4) is 0 Å². The highest BCUT2D eigenvalue weighted by atomic mass is 16.6. The van der Waals surface area contributed by atoms with Gasteiger partial charge in [-0.1, -0.05) is 18.2 Å². The molecule has 0 bridgehead atoms. The minimum Gasteiger partial charge on any atom is -0.442 e. The van der Waals surface area contributed by atoms with Crippen molar-refractivity contribution >= 4 is 11.9 Å². The number of hydrogen-bond acceptors (Lipinski definition) is 3. The van der Waals surface area contributed by atoms with Crippen LogP contribution in [0.1, 0.15) is 24.2 Å². The number of amides is 1. The summed E-state index contributed by atoms with van der Waals surface area (Å²) in [4.78, 5) is 22.1. The van der Waals surface area contributed by atoms with E-state index in [4.69, 9.17) is 4.74 Å². The maximum Gasteiger partial charge on any atom is 0.304 e. The zero-order valence-corrected chi connectivity index (χ0v) is 8.69. The fourth-order valence-electron chi connectivity index (χ4n) is 1.14. The largest absolute Gasteiger partial charge is 0.442 e. The number of rotatable bonds is 3. The predicted octanol–water partition coefficient (Wildman–Crippen LogP) is 1.33. The van der Waals surface area contributed by atoms with E-state index >= 15 is 0 Å². The van der Waals surface area contributed by atoms with Crippen LogP contribution in [0.3, 0.4) is 0 Å². The van der Waals surface area contributed by atoms with E-state index in [2.05, 4.69) is 5.32 Å². The highest BCUT2D eigenvalue weighted by Gasteiger charge is 2.10. The summed E-state index contributed by atoms with van der Waals surface area (Å²) in [6.07, 6.45) is -0.616. The lowest BCUT2D eigenvalue weighted by molar-refractivity contribution is -0.146. The Balaban J connectivity index is 2.53. The van der Waals surface area contributed by atoms with Gasteiger partial charge in [0, 0.05) is 12.5 Å². The number of nitrogens with one attached hydrogen (secondary N) is 1. The molecule has 0 fully saturated rings. The van der Waals surface area contributed by atoms with Crippen LogP contribution >= 0.6 is 0 Å². The van der Waals surface area contributed by atoms with Crippen molar-refractivity contribution in [2.75, 3.05) is 0 Å². The van der Waals surface area contributed by atoms with E-state index in [0.717, 1.165) is 0 Å². The Morgan fingerprint density at radius 2 is 1.87 bits per heavy atom. The number of benzene rings is 1. The van der Waals surface area contributed by atoms with E-state index in [0.29, 0.717) is 5.56 Å². The van der Waals surface area contributed by atoms with Gasteiger partial charge in [0.15, 0.2) is 6.23 Å². The van der Waals surface area contributed by atoms with Crippen molar-refractivity contribution in [3.63, 3.8) is 0 Å². The quantitative estimate of drug-likeness (QED) is 0.600. The van der Waals surface area contributed by atoms with E-state index in [-0.39, 0.29) is 5.91 Å².